The maximum Gasteiger partial charge on any atom is 0.225 e. The van der Waals surface area contributed by atoms with Gasteiger partial charge in [0.2, 0.25) is 5.91 Å². The first-order chi connectivity index (χ1) is 11.7. The summed E-state index contributed by atoms with van der Waals surface area (Å²) in [5.74, 6) is 1.86. The summed E-state index contributed by atoms with van der Waals surface area (Å²) in [6.07, 6.45) is 0. The van der Waals surface area contributed by atoms with E-state index < -0.39 is 0 Å². The molecule has 4 heteroatoms. The van der Waals surface area contributed by atoms with E-state index in [9.17, 15) is 4.79 Å². The summed E-state index contributed by atoms with van der Waals surface area (Å²) in [6, 6.07) is 0.153. The fourth-order valence-corrected chi connectivity index (χ4v) is 4.09. The Balaban J connectivity index is 2.60. The van der Waals surface area contributed by atoms with Gasteiger partial charge >= 0.3 is 0 Å². The molecule has 2 aliphatic rings. The van der Waals surface area contributed by atoms with Crippen LogP contribution in [0.4, 0.5) is 0 Å². The van der Waals surface area contributed by atoms with Crippen LogP contribution in [0.25, 0.3) is 0 Å². The van der Waals surface area contributed by atoms with Gasteiger partial charge in [-0.3, -0.25) is 9.79 Å². The zero-order valence-corrected chi connectivity index (χ0v) is 18.6. The maximum atomic E-state index is 12.7. The van der Waals surface area contributed by atoms with Crippen LogP contribution in [0.3, 0.4) is 0 Å². The Bertz CT molecular complexity index is 614. The molecule has 0 radical (unpaired) electrons. The molecule has 0 aromatic carbocycles. The second-order valence-electron chi connectivity index (χ2n) is 10.6. The van der Waals surface area contributed by atoms with Crippen LogP contribution in [-0.2, 0) is 4.79 Å². The number of piperazine rings is 1. The molecule has 0 aromatic heterocycles. The molecule has 0 spiro atoms. The van der Waals surface area contributed by atoms with Crippen molar-refractivity contribution in [3.63, 3.8) is 0 Å². The first-order valence-electron chi connectivity index (χ1n) is 10.1. The Hall–Kier alpha value is -1.32. The molecular formula is C22H39N3O. The van der Waals surface area contributed by atoms with Crippen molar-refractivity contribution >= 4 is 11.7 Å². The minimum atomic E-state index is 0.0153. The molecule has 2 aliphatic heterocycles. The zero-order valence-electron chi connectivity index (χ0n) is 18.6. The number of hydrogen-bond donors (Lipinski definition) is 0. The van der Waals surface area contributed by atoms with Crippen LogP contribution in [-0.4, -0.2) is 47.2 Å². The average molecular weight is 362 g/mol. The fourth-order valence-electron chi connectivity index (χ4n) is 4.09. The van der Waals surface area contributed by atoms with Crippen molar-refractivity contribution in [2.45, 2.75) is 75.3 Å². The number of carbonyl (C=O) groups is 1. The van der Waals surface area contributed by atoms with Gasteiger partial charge in [-0.05, 0) is 16.4 Å². The lowest BCUT2D eigenvalue weighted by Crippen LogP contribution is -2.55. The Morgan fingerprint density at radius 1 is 1.04 bits per heavy atom. The Morgan fingerprint density at radius 3 is 2.04 bits per heavy atom. The van der Waals surface area contributed by atoms with E-state index in [1.54, 1.807) is 0 Å². The molecule has 26 heavy (non-hydrogen) atoms. The van der Waals surface area contributed by atoms with Crippen LogP contribution in [0.1, 0.15) is 69.2 Å². The van der Waals surface area contributed by atoms with Gasteiger partial charge in [-0.1, -0.05) is 69.2 Å². The van der Waals surface area contributed by atoms with E-state index in [0.717, 1.165) is 13.1 Å². The third-order valence-corrected chi connectivity index (χ3v) is 5.33. The van der Waals surface area contributed by atoms with Crippen LogP contribution in [0.15, 0.2) is 16.3 Å². The lowest BCUT2D eigenvalue weighted by atomic mass is 9.70. The smallest absolute Gasteiger partial charge is 0.225 e. The van der Waals surface area contributed by atoms with Gasteiger partial charge in [0.15, 0.2) is 0 Å². The van der Waals surface area contributed by atoms with E-state index >= 15 is 0 Å². The topological polar surface area (TPSA) is 35.9 Å². The van der Waals surface area contributed by atoms with Gasteiger partial charge < -0.3 is 9.80 Å². The molecule has 1 atom stereocenters. The van der Waals surface area contributed by atoms with Crippen molar-refractivity contribution < 1.29 is 4.79 Å². The number of carbonyl (C=O) groups excluding carboxylic acids is 1. The van der Waals surface area contributed by atoms with E-state index in [4.69, 9.17) is 4.99 Å². The van der Waals surface area contributed by atoms with Crippen molar-refractivity contribution in [1.82, 2.24) is 9.80 Å². The van der Waals surface area contributed by atoms with Gasteiger partial charge in [-0.15, -0.1) is 0 Å². The largest absolute Gasteiger partial charge is 0.335 e. The maximum absolute atomic E-state index is 12.7. The van der Waals surface area contributed by atoms with E-state index in [-0.39, 0.29) is 28.7 Å². The van der Waals surface area contributed by atoms with Gasteiger partial charge in [0.05, 0.1) is 12.6 Å². The van der Waals surface area contributed by atoms with Gasteiger partial charge in [-0.2, -0.15) is 0 Å². The van der Waals surface area contributed by atoms with Crippen LogP contribution >= 0.6 is 0 Å². The summed E-state index contributed by atoms with van der Waals surface area (Å²) >= 11 is 0. The average Bonchev–Trinajstić information content (AvgIpc) is 2.49. The van der Waals surface area contributed by atoms with Crippen molar-refractivity contribution in [2.24, 2.45) is 27.7 Å². The molecule has 2 heterocycles. The molecule has 1 saturated heterocycles. The molecule has 1 unspecified atom stereocenters. The first kappa shape index (κ1) is 21.0. The van der Waals surface area contributed by atoms with E-state index in [0.29, 0.717) is 12.5 Å². The number of hydrogen-bond acceptors (Lipinski definition) is 3. The third kappa shape index (κ3) is 3.99. The molecule has 0 aliphatic carbocycles. The second-order valence-corrected chi connectivity index (χ2v) is 10.6. The Morgan fingerprint density at radius 2 is 1.62 bits per heavy atom. The summed E-state index contributed by atoms with van der Waals surface area (Å²) < 4.78 is 0. The number of fused-ring (bicyclic) bond motifs is 1. The van der Waals surface area contributed by atoms with Crippen molar-refractivity contribution in [1.29, 1.82) is 0 Å². The van der Waals surface area contributed by atoms with E-state index in [2.05, 4.69) is 60.3 Å². The molecule has 0 N–H and O–H groups in total. The van der Waals surface area contributed by atoms with E-state index in [1.165, 1.54) is 17.1 Å². The highest BCUT2D eigenvalue weighted by Gasteiger charge is 2.43. The van der Waals surface area contributed by atoms with Crippen LogP contribution in [0.5, 0.6) is 0 Å². The molecule has 2 rings (SSSR count). The van der Waals surface area contributed by atoms with Crippen LogP contribution < -0.4 is 0 Å². The number of aliphatic imine (C=N–C) groups is 1. The second kappa shape index (κ2) is 7.01. The minimum Gasteiger partial charge on any atom is -0.335 e. The first-order valence-corrected chi connectivity index (χ1v) is 10.1. The van der Waals surface area contributed by atoms with Crippen LogP contribution in [0.2, 0.25) is 0 Å². The quantitative estimate of drug-likeness (QED) is 0.722. The SMILES string of the molecule is CC(C)C(=O)N1CCN2C(C(C)C)=NC(C(C)(C)C)C(C(C)(C)C)=C2C1. The van der Waals surface area contributed by atoms with Gasteiger partial charge in [0, 0.05) is 30.6 Å². The molecule has 0 bridgehead atoms. The zero-order chi connectivity index (χ0) is 20.0. The highest BCUT2D eigenvalue weighted by molar-refractivity contribution is 5.88. The summed E-state index contributed by atoms with van der Waals surface area (Å²) in [4.78, 5) is 22.4. The minimum absolute atomic E-state index is 0.0153. The lowest BCUT2D eigenvalue weighted by Gasteiger charge is -2.49. The van der Waals surface area contributed by atoms with Crippen molar-refractivity contribution in [3.05, 3.63) is 11.3 Å². The third-order valence-electron chi connectivity index (χ3n) is 5.33. The summed E-state index contributed by atoms with van der Waals surface area (Å²) in [7, 11) is 0. The fraction of sp³-hybridized carbons (Fsp3) is 0.818. The Kier molecular flexibility index (Phi) is 5.66. The van der Waals surface area contributed by atoms with Crippen molar-refractivity contribution in [3.8, 4) is 0 Å². The molecule has 0 aromatic rings. The normalized spacial score (nSPS) is 22.2. The number of amides is 1. The predicted octanol–water partition coefficient (Wildman–Crippen LogP) is 4.57. The number of nitrogens with zero attached hydrogens (tertiary/aromatic N) is 3. The summed E-state index contributed by atoms with van der Waals surface area (Å²) in [6.45, 7) is 24.5. The highest BCUT2D eigenvalue weighted by atomic mass is 16.2. The molecule has 148 valence electrons. The molecular weight excluding hydrogens is 322 g/mol. The van der Waals surface area contributed by atoms with Gasteiger partial charge in [0.1, 0.15) is 5.84 Å². The molecule has 1 fully saturated rings. The number of rotatable bonds is 2. The standard InChI is InChI=1S/C22H39N3O/c1-14(2)19-23-18(22(8,9)10)17(21(5,6)7)16-13-24(11-12-25(16)19)20(26)15(3)4/h14-15,18H,11-13H2,1-10H3. The van der Waals surface area contributed by atoms with E-state index in [1.807, 2.05) is 18.7 Å². The van der Waals surface area contributed by atoms with Crippen molar-refractivity contribution in [2.75, 3.05) is 19.6 Å². The van der Waals surface area contributed by atoms with Gasteiger partial charge in [-0.25, -0.2) is 0 Å². The molecule has 0 saturated carbocycles. The van der Waals surface area contributed by atoms with Crippen LogP contribution in [0, 0.1) is 22.7 Å². The summed E-state index contributed by atoms with van der Waals surface area (Å²) in [5, 5.41) is 0. The summed E-state index contributed by atoms with van der Waals surface area (Å²) in [5.41, 5.74) is 2.78. The predicted molar refractivity (Wildman–Crippen MR) is 110 cm³/mol. The lowest BCUT2D eigenvalue weighted by molar-refractivity contribution is -0.135. The Labute approximate surface area is 160 Å². The molecule has 1 amide bonds. The molecule has 4 nitrogen and oxygen atoms in total. The highest BCUT2D eigenvalue weighted by Crippen LogP contribution is 2.44. The monoisotopic (exact) mass is 361 g/mol. The number of amidine groups is 1. The van der Waals surface area contributed by atoms with Gasteiger partial charge in [0.25, 0.3) is 0 Å².